The lowest BCUT2D eigenvalue weighted by atomic mass is 10.2. The van der Waals surface area contributed by atoms with Crippen LogP contribution in [0.25, 0.3) is 11.4 Å². The van der Waals surface area contributed by atoms with Crippen molar-refractivity contribution in [1.82, 2.24) is 14.8 Å². The number of hydrogen-bond acceptors (Lipinski definition) is 2. The lowest BCUT2D eigenvalue weighted by Gasteiger charge is -1.99. The smallest absolute Gasteiger partial charge is 0.144 e. The van der Waals surface area contributed by atoms with Crippen LogP contribution in [0.2, 0.25) is 0 Å². The molecule has 15 heavy (non-hydrogen) atoms. The van der Waals surface area contributed by atoms with Gasteiger partial charge in [0.1, 0.15) is 11.5 Å². The Bertz CT molecular complexity index is 507. The largest absolute Gasteiger partial charge is 0.274 e. The summed E-state index contributed by atoms with van der Waals surface area (Å²) < 4.78 is 15.6. The van der Waals surface area contributed by atoms with Crippen molar-refractivity contribution < 1.29 is 4.39 Å². The first kappa shape index (κ1) is 10.3. The lowest BCUT2D eigenvalue weighted by molar-refractivity contribution is 0.610. The van der Waals surface area contributed by atoms with Crippen LogP contribution in [0.15, 0.2) is 22.8 Å². The Morgan fingerprint density at radius 3 is 2.67 bits per heavy atom. The first-order valence-corrected chi connectivity index (χ1v) is 5.20. The molecule has 0 amide bonds. The highest BCUT2D eigenvalue weighted by atomic mass is 79.9. The van der Waals surface area contributed by atoms with Gasteiger partial charge in [0.2, 0.25) is 0 Å². The zero-order valence-electron chi connectivity index (χ0n) is 8.33. The molecule has 0 aromatic carbocycles. The molecular formula is C10H9BrFN3. The molecule has 2 heterocycles. The highest BCUT2D eigenvalue weighted by Crippen LogP contribution is 2.25. The van der Waals surface area contributed by atoms with Crippen LogP contribution in [-0.2, 0) is 7.05 Å². The van der Waals surface area contributed by atoms with Gasteiger partial charge in [-0.25, -0.2) is 9.37 Å². The Balaban J connectivity index is 2.54. The number of nitrogens with zero attached hydrogens (tertiary/aromatic N) is 3. The Morgan fingerprint density at radius 1 is 1.40 bits per heavy atom. The normalized spacial score (nSPS) is 10.7. The van der Waals surface area contributed by atoms with Crippen molar-refractivity contribution in [2.75, 3.05) is 0 Å². The van der Waals surface area contributed by atoms with E-state index in [2.05, 4.69) is 26.0 Å². The maximum absolute atomic E-state index is 13.0. The zero-order valence-corrected chi connectivity index (χ0v) is 9.92. The minimum Gasteiger partial charge on any atom is -0.274 e. The van der Waals surface area contributed by atoms with Crippen LogP contribution >= 0.6 is 15.9 Å². The van der Waals surface area contributed by atoms with E-state index in [-0.39, 0.29) is 5.82 Å². The molecule has 5 heteroatoms. The second kappa shape index (κ2) is 3.73. The molecule has 0 atom stereocenters. The van der Waals surface area contributed by atoms with Crippen molar-refractivity contribution in [3.8, 4) is 11.4 Å². The number of hydrogen-bond donors (Lipinski definition) is 0. The maximum Gasteiger partial charge on any atom is 0.144 e. The quantitative estimate of drug-likeness (QED) is 0.797. The van der Waals surface area contributed by atoms with Crippen LogP contribution in [0, 0.1) is 12.7 Å². The predicted molar refractivity (Wildman–Crippen MR) is 58.8 cm³/mol. The topological polar surface area (TPSA) is 30.7 Å². The van der Waals surface area contributed by atoms with Gasteiger partial charge in [-0.05, 0) is 35.0 Å². The van der Waals surface area contributed by atoms with Gasteiger partial charge in [-0.15, -0.1) is 0 Å². The number of halogens is 2. The van der Waals surface area contributed by atoms with Crippen LogP contribution in [0.5, 0.6) is 0 Å². The number of rotatable bonds is 1. The van der Waals surface area contributed by atoms with E-state index < -0.39 is 0 Å². The molecule has 0 aliphatic rings. The van der Waals surface area contributed by atoms with Gasteiger partial charge in [0.15, 0.2) is 0 Å². The van der Waals surface area contributed by atoms with Gasteiger partial charge in [0.05, 0.1) is 15.9 Å². The molecule has 2 rings (SSSR count). The fraction of sp³-hybridized carbons (Fsp3) is 0.200. The zero-order chi connectivity index (χ0) is 11.0. The third-order valence-electron chi connectivity index (χ3n) is 2.05. The first-order chi connectivity index (χ1) is 7.08. The molecule has 2 aromatic heterocycles. The van der Waals surface area contributed by atoms with Crippen LogP contribution in [0.1, 0.15) is 5.69 Å². The SMILES string of the molecule is Cc1nc(-c2nn(C)cc2Br)ccc1F. The number of pyridine rings is 1. The molecule has 0 aliphatic heterocycles. The van der Waals surface area contributed by atoms with E-state index in [0.717, 1.165) is 10.2 Å². The molecule has 0 spiro atoms. The summed E-state index contributed by atoms with van der Waals surface area (Å²) in [5, 5.41) is 4.24. The summed E-state index contributed by atoms with van der Waals surface area (Å²) in [5.74, 6) is -0.300. The molecular weight excluding hydrogens is 261 g/mol. The summed E-state index contributed by atoms with van der Waals surface area (Å²) in [4.78, 5) is 4.14. The second-order valence-corrected chi connectivity index (χ2v) is 4.12. The van der Waals surface area contributed by atoms with Crippen molar-refractivity contribution >= 4 is 15.9 Å². The van der Waals surface area contributed by atoms with E-state index in [0.29, 0.717) is 11.4 Å². The minimum absolute atomic E-state index is 0.300. The second-order valence-electron chi connectivity index (χ2n) is 3.26. The fourth-order valence-corrected chi connectivity index (χ4v) is 1.89. The average molecular weight is 270 g/mol. The maximum atomic E-state index is 13.0. The monoisotopic (exact) mass is 269 g/mol. The Morgan fingerprint density at radius 2 is 2.13 bits per heavy atom. The van der Waals surface area contributed by atoms with Crippen molar-refractivity contribution in [3.05, 3.63) is 34.3 Å². The summed E-state index contributed by atoms with van der Waals surface area (Å²) in [6, 6.07) is 3.02. The van der Waals surface area contributed by atoms with Gasteiger partial charge in [-0.3, -0.25) is 4.68 Å². The highest BCUT2D eigenvalue weighted by molar-refractivity contribution is 9.10. The summed E-state index contributed by atoms with van der Waals surface area (Å²) in [7, 11) is 1.82. The van der Waals surface area contributed by atoms with E-state index in [1.807, 2.05) is 13.2 Å². The molecule has 0 fully saturated rings. The fourth-order valence-electron chi connectivity index (χ4n) is 1.31. The number of aromatic nitrogens is 3. The molecule has 0 bridgehead atoms. The Hall–Kier alpha value is -1.23. The minimum atomic E-state index is -0.300. The van der Waals surface area contributed by atoms with E-state index in [1.165, 1.54) is 6.07 Å². The van der Waals surface area contributed by atoms with Gasteiger partial charge >= 0.3 is 0 Å². The van der Waals surface area contributed by atoms with Gasteiger partial charge in [0.25, 0.3) is 0 Å². The standard InChI is InChI=1S/C10H9BrFN3/c1-6-8(12)3-4-9(13-6)10-7(11)5-15(2)14-10/h3-5H,1-2H3. The third-order valence-corrected chi connectivity index (χ3v) is 2.63. The van der Waals surface area contributed by atoms with Gasteiger partial charge in [0, 0.05) is 13.2 Å². The van der Waals surface area contributed by atoms with Crippen molar-refractivity contribution in [2.24, 2.45) is 7.05 Å². The summed E-state index contributed by atoms with van der Waals surface area (Å²) in [6.45, 7) is 1.63. The summed E-state index contributed by atoms with van der Waals surface area (Å²) in [5.41, 5.74) is 1.77. The summed E-state index contributed by atoms with van der Waals surface area (Å²) in [6.07, 6.45) is 1.83. The van der Waals surface area contributed by atoms with Crippen LogP contribution in [0.4, 0.5) is 4.39 Å². The molecule has 0 saturated heterocycles. The van der Waals surface area contributed by atoms with Crippen molar-refractivity contribution in [3.63, 3.8) is 0 Å². The average Bonchev–Trinajstić information content (AvgIpc) is 2.50. The molecule has 0 unspecified atom stereocenters. The van der Waals surface area contributed by atoms with Crippen molar-refractivity contribution in [1.29, 1.82) is 0 Å². The van der Waals surface area contributed by atoms with E-state index >= 15 is 0 Å². The Kier molecular flexibility index (Phi) is 2.56. The molecule has 3 nitrogen and oxygen atoms in total. The molecule has 2 aromatic rings. The molecule has 0 radical (unpaired) electrons. The van der Waals surface area contributed by atoms with E-state index in [4.69, 9.17) is 0 Å². The molecule has 78 valence electrons. The van der Waals surface area contributed by atoms with Crippen LogP contribution < -0.4 is 0 Å². The predicted octanol–water partition coefficient (Wildman–Crippen LogP) is 2.69. The van der Waals surface area contributed by atoms with Gasteiger partial charge < -0.3 is 0 Å². The Labute approximate surface area is 95.1 Å². The lowest BCUT2D eigenvalue weighted by Crippen LogP contribution is -1.93. The van der Waals surface area contributed by atoms with Gasteiger partial charge in [-0.1, -0.05) is 0 Å². The highest BCUT2D eigenvalue weighted by Gasteiger charge is 2.10. The van der Waals surface area contributed by atoms with Gasteiger partial charge in [-0.2, -0.15) is 5.10 Å². The van der Waals surface area contributed by atoms with E-state index in [1.54, 1.807) is 17.7 Å². The van der Waals surface area contributed by atoms with Crippen molar-refractivity contribution in [2.45, 2.75) is 6.92 Å². The van der Waals surface area contributed by atoms with E-state index in [9.17, 15) is 4.39 Å². The number of aryl methyl sites for hydroxylation is 2. The molecule has 0 saturated carbocycles. The molecule has 0 aliphatic carbocycles. The third kappa shape index (κ3) is 1.92. The first-order valence-electron chi connectivity index (χ1n) is 4.40. The van der Waals surface area contributed by atoms with Crippen LogP contribution in [0.3, 0.4) is 0 Å². The van der Waals surface area contributed by atoms with Crippen LogP contribution in [-0.4, -0.2) is 14.8 Å². The summed E-state index contributed by atoms with van der Waals surface area (Å²) >= 11 is 3.38. The molecule has 0 N–H and O–H groups in total.